The maximum atomic E-state index is 11.1. The number of nitrogens with one attached hydrogen (secondary N) is 1. The lowest BCUT2D eigenvalue weighted by molar-refractivity contribution is -0.143. The molecular formula is C14H20BrNO2. The molecule has 4 heteroatoms. The highest BCUT2D eigenvalue weighted by Crippen LogP contribution is 2.16. The number of carbonyl (C=O) groups is 1. The first-order valence-electron chi connectivity index (χ1n) is 6.28. The first-order chi connectivity index (χ1) is 8.63. The normalized spacial score (nSPS) is 12.2. The van der Waals surface area contributed by atoms with Crippen LogP contribution < -0.4 is 5.32 Å². The zero-order chi connectivity index (χ0) is 13.4. The monoisotopic (exact) mass is 313 g/mol. The molecule has 0 aliphatic heterocycles. The second-order valence-corrected chi connectivity index (χ2v) is 5.05. The molecule has 1 aromatic carbocycles. The summed E-state index contributed by atoms with van der Waals surface area (Å²) in [4.78, 5) is 11.1. The van der Waals surface area contributed by atoms with Crippen molar-refractivity contribution in [2.75, 3.05) is 13.2 Å². The molecule has 1 atom stereocenters. The van der Waals surface area contributed by atoms with Gasteiger partial charge < -0.3 is 10.1 Å². The number of hydrogen-bond donors (Lipinski definition) is 1. The Morgan fingerprint density at radius 1 is 1.39 bits per heavy atom. The maximum absolute atomic E-state index is 11.1. The van der Waals surface area contributed by atoms with Gasteiger partial charge in [0.1, 0.15) is 0 Å². The summed E-state index contributed by atoms with van der Waals surface area (Å²) in [5, 5.41) is 3.39. The summed E-state index contributed by atoms with van der Waals surface area (Å²) in [5.41, 5.74) is 1.24. The summed E-state index contributed by atoms with van der Waals surface area (Å²) in [6.45, 7) is 5.22. The van der Waals surface area contributed by atoms with Crippen molar-refractivity contribution in [3.05, 3.63) is 34.3 Å². The Kier molecular flexibility index (Phi) is 6.98. The number of halogens is 1. The maximum Gasteiger partial charge on any atom is 0.305 e. The third-order valence-corrected chi connectivity index (χ3v) is 3.21. The van der Waals surface area contributed by atoms with Crippen LogP contribution in [0.15, 0.2) is 28.7 Å². The molecule has 0 bridgehead atoms. The molecule has 0 aromatic heterocycles. The standard InChI is InChI=1S/C14H20BrNO2/c1-3-18-14(17)5-4-10-16-11(2)12-6-8-13(15)9-7-12/h6-9,11,16H,3-5,10H2,1-2H3. The van der Waals surface area contributed by atoms with Gasteiger partial charge in [-0.2, -0.15) is 0 Å². The molecular weight excluding hydrogens is 294 g/mol. The average molecular weight is 314 g/mol. The molecule has 1 N–H and O–H groups in total. The van der Waals surface area contributed by atoms with E-state index >= 15 is 0 Å². The van der Waals surface area contributed by atoms with Gasteiger partial charge in [0, 0.05) is 16.9 Å². The van der Waals surface area contributed by atoms with Gasteiger partial charge in [-0.3, -0.25) is 4.79 Å². The number of esters is 1. The quantitative estimate of drug-likeness (QED) is 0.619. The lowest BCUT2D eigenvalue weighted by Crippen LogP contribution is -2.20. The Bertz CT molecular complexity index is 365. The third kappa shape index (κ3) is 5.65. The summed E-state index contributed by atoms with van der Waals surface area (Å²) in [5.74, 6) is -0.115. The van der Waals surface area contributed by atoms with E-state index in [0.717, 1.165) is 17.4 Å². The van der Waals surface area contributed by atoms with Crippen molar-refractivity contribution < 1.29 is 9.53 Å². The van der Waals surface area contributed by atoms with E-state index in [2.05, 4.69) is 40.3 Å². The van der Waals surface area contributed by atoms with Crippen LogP contribution in [0.4, 0.5) is 0 Å². The van der Waals surface area contributed by atoms with Crippen LogP contribution in [0.25, 0.3) is 0 Å². The number of rotatable bonds is 7. The lowest BCUT2D eigenvalue weighted by atomic mass is 10.1. The van der Waals surface area contributed by atoms with E-state index in [0.29, 0.717) is 19.1 Å². The highest BCUT2D eigenvalue weighted by Gasteiger charge is 2.05. The van der Waals surface area contributed by atoms with Crippen LogP contribution in [0.1, 0.15) is 38.3 Å². The molecule has 18 heavy (non-hydrogen) atoms. The van der Waals surface area contributed by atoms with Crippen molar-refractivity contribution in [1.82, 2.24) is 5.32 Å². The second kappa shape index (κ2) is 8.27. The van der Waals surface area contributed by atoms with Gasteiger partial charge in [0.05, 0.1) is 6.61 Å². The van der Waals surface area contributed by atoms with Gasteiger partial charge in [-0.25, -0.2) is 0 Å². The highest BCUT2D eigenvalue weighted by atomic mass is 79.9. The van der Waals surface area contributed by atoms with E-state index in [-0.39, 0.29) is 5.97 Å². The second-order valence-electron chi connectivity index (χ2n) is 4.14. The fourth-order valence-corrected chi connectivity index (χ4v) is 1.92. The number of carbonyl (C=O) groups excluding carboxylic acids is 1. The highest BCUT2D eigenvalue weighted by molar-refractivity contribution is 9.10. The molecule has 1 rings (SSSR count). The molecule has 0 aliphatic rings. The zero-order valence-corrected chi connectivity index (χ0v) is 12.5. The van der Waals surface area contributed by atoms with Crippen molar-refractivity contribution in [2.45, 2.75) is 32.7 Å². The summed E-state index contributed by atoms with van der Waals surface area (Å²) in [7, 11) is 0. The predicted molar refractivity (Wildman–Crippen MR) is 76.4 cm³/mol. The molecule has 0 saturated heterocycles. The summed E-state index contributed by atoms with van der Waals surface area (Å²) in [6.07, 6.45) is 1.29. The smallest absolute Gasteiger partial charge is 0.305 e. The van der Waals surface area contributed by atoms with Gasteiger partial charge in [-0.05, 0) is 44.5 Å². The first-order valence-corrected chi connectivity index (χ1v) is 7.07. The minimum atomic E-state index is -0.115. The van der Waals surface area contributed by atoms with E-state index in [9.17, 15) is 4.79 Å². The minimum Gasteiger partial charge on any atom is -0.466 e. The summed E-state index contributed by atoms with van der Waals surface area (Å²) < 4.78 is 5.96. The van der Waals surface area contributed by atoms with Gasteiger partial charge in [-0.15, -0.1) is 0 Å². The first kappa shape index (κ1) is 15.2. The van der Waals surface area contributed by atoms with E-state index < -0.39 is 0 Å². The molecule has 0 aliphatic carbocycles. The SMILES string of the molecule is CCOC(=O)CCCNC(C)c1ccc(Br)cc1. The van der Waals surface area contributed by atoms with Crippen molar-refractivity contribution >= 4 is 21.9 Å². The van der Waals surface area contributed by atoms with Gasteiger partial charge in [0.15, 0.2) is 0 Å². The molecule has 0 amide bonds. The number of hydrogen-bond acceptors (Lipinski definition) is 3. The van der Waals surface area contributed by atoms with Gasteiger partial charge in [-0.1, -0.05) is 28.1 Å². The molecule has 0 fully saturated rings. The molecule has 100 valence electrons. The van der Waals surface area contributed by atoms with Crippen molar-refractivity contribution in [3.63, 3.8) is 0 Å². The number of ether oxygens (including phenoxy) is 1. The summed E-state index contributed by atoms with van der Waals surface area (Å²) >= 11 is 3.42. The van der Waals surface area contributed by atoms with Gasteiger partial charge >= 0.3 is 5.97 Å². The Balaban J connectivity index is 2.23. The third-order valence-electron chi connectivity index (χ3n) is 2.68. The molecule has 0 heterocycles. The van der Waals surface area contributed by atoms with Crippen LogP contribution >= 0.6 is 15.9 Å². The van der Waals surface area contributed by atoms with E-state index in [4.69, 9.17) is 4.74 Å². The van der Waals surface area contributed by atoms with Crippen molar-refractivity contribution in [2.24, 2.45) is 0 Å². The fraction of sp³-hybridized carbons (Fsp3) is 0.500. The molecule has 3 nitrogen and oxygen atoms in total. The minimum absolute atomic E-state index is 0.115. The molecule has 0 radical (unpaired) electrons. The molecule has 1 unspecified atom stereocenters. The molecule has 0 spiro atoms. The van der Waals surface area contributed by atoms with Crippen LogP contribution in [-0.4, -0.2) is 19.1 Å². The fourth-order valence-electron chi connectivity index (χ4n) is 1.65. The Hall–Kier alpha value is -0.870. The average Bonchev–Trinajstić information content (AvgIpc) is 2.35. The largest absolute Gasteiger partial charge is 0.466 e. The van der Waals surface area contributed by atoms with Crippen molar-refractivity contribution in [3.8, 4) is 0 Å². The topological polar surface area (TPSA) is 38.3 Å². The van der Waals surface area contributed by atoms with Crippen LogP contribution in [0.5, 0.6) is 0 Å². The molecule has 1 aromatic rings. The van der Waals surface area contributed by atoms with Gasteiger partial charge in [0.25, 0.3) is 0 Å². The van der Waals surface area contributed by atoms with Crippen LogP contribution in [-0.2, 0) is 9.53 Å². The van der Waals surface area contributed by atoms with E-state index in [1.165, 1.54) is 5.56 Å². The van der Waals surface area contributed by atoms with Crippen LogP contribution in [0.3, 0.4) is 0 Å². The van der Waals surface area contributed by atoms with E-state index in [1.807, 2.05) is 19.1 Å². The van der Waals surface area contributed by atoms with Crippen LogP contribution in [0.2, 0.25) is 0 Å². The number of benzene rings is 1. The zero-order valence-electron chi connectivity index (χ0n) is 10.9. The Morgan fingerprint density at radius 2 is 2.06 bits per heavy atom. The summed E-state index contributed by atoms with van der Waals surface area (Å²) in [6, 6.07) is 8.54. The Morgan fingerprint density at radius 3 is 2.67 bits per heavy atom. The van der Waals surface area contributed by atoms with Crippen LogP contribution in [0, 0.1) is 0 Å². The van der Waals surface area contributed by atoms with Gasteiger partial charge in [0.2, 0.25) is 0 Å². The van der Waals surface area contributed by atoms with E-state index in [1.54, 1.807) is 0 Å². The Labute approximate surface area is 117 Å². The lowest BCUT2D eigenvalue weighted by Gasteiger charge is -2.14. The predicted octanol–water partition coefficient (Wildman–Crippen LogP) is 3.44. The molecule has 0 saturated carbocycles. The van der Waals surface area contributed by atoms with Crippen molar-refractivity contribution in [1.29, 1.82) is 0 Å².